The quantitative estimate of drug-likeness (QED) is 0.302. The highest BCUT2D eigenvalue weighted by Gasteiger charge is 2.40. The Morgan fingerprint density at radius 3 is 2.35 bits per heavy atom. The van der Waals surface area contributed by atoms with Crippen LogP contribution in [0.1, 0.15) is 40.5 Å². The number of carbonyl (C=O) groups excluding carboxylic acids is 5. The molecule has 2 aromatic carbocycles. The van der Waals surface area contributed by atoms with Gasteiger partial charge in [-0.05, 0) is 24.1 Å². The molecule has 5 rings (SSSR count). The molecule has 0 bridgehead atoms. The third-order valence-corrected chi connectivity index (χ3v) is 6.13. The van der Waals surface area contributed by atoms with E-state index in [1.165, 1.54) is 11.1 Å². The zero-order valence-electron chi connectivity index (χ0n) is 18.0. The highest BCUT2D eigenvalue weighted by atomic mass is 16.2. The summed E-state index contributed by atoms with van der Waals surface area (Å²) in [5, 5.41) is 10.8. The van der Waals surface area contributed by atoms with E-state index < -0.39 is 29.9 Å². The van der Waals surface area contributed by atoms with E-state index in [9.17, 15) is 24.0 Å². The molecule has 0 radical (unpaired) electrons. The number of piperidine rings is 1. The van der Waals surface area contributed by atoms with Crippen molar-refractivity contribution in [3.8, 4) is 0 Å². The SMILES string of the molecule is O=C1CCC(N2Cc3c(NC=C4C(=O)NC(c5ccccc5)NC4=O)cccc3C2=O)C(=O)N1. The molecule has 5 amide bonds. The minimum absolute atomic E-state index is 0.101. The molecule has 2 saturated heterocycles. The number of imide groups is 1. The molecule has 0 aromatic heterocycles. The third-order valence-electron chi connectivity index (χ3n) is 6.13. The zero-order chi connectivity index (χ0) is 23.8. The van der Waals surface area contributed by atoms with Gasteiger partial charge in [0.05, 0.1) is 0 Å². The van der Waals surface area contributed by atoms with E-state index in [2.05, 4.69) is 21.3 Å². The summed E-state index contributed by atoms with van der Waals surface area (Å²) in [7, 11) is 0. The van der Waals surface area contributed by atoms with Gasteiger partial charge in [0.25, 0.3) is 17.7 Å². The van der Waals surface area contributed by atoms with Crippen molar-refractivity contribution in [1.29, 1.82) is 0 Å². The summed E-state index contributed by atoms with van der Waals surface area (Å²) in [4.78, 5) is 63.3. The summed E-state index contributed by atoms with van der Waals surface area (Å²) >= 11 is 0. The van der Waals surface area contributed by atoms with Crippen LogP contribution in [0.3, 0.4) is 0 Å². The minimum atomic E-state index is -0.728. The van der Waals surface area contributed by atoms with Gasteiger partial charge in [0, 0.05) is 36.0 Å². The van der Waals surface area contributed by atoms with Crippen LogP contribution in [0.2, 0.25) is 0 Å². The van der Waals surface area contributed by atoms with Gasteiger partial charge in [0.2, 0.25) is 11.8 Å². The molecule has 0 saturated carbocycles. The van der Waals surface area contributed by atoms with Crippen molar-refractivity contribution in [1.82, 2.24) is 20.9 Å². The number of amides is 5. The summed E-state index contributed by atoms with van der Waals surface area (Å²) in [5.41, 5.74) is 2.27. The molecule has 1 atom stereocenters. The number of hydrogen-bond donors (Lipinski definition) is 4. The number of fused-ring (bicyclic) bond motifs is 1. The van der Waals surface area contributed by atoms with E-state index >= 15 is 0 Å². The number of nitrogens with zero attached hydrogens (tertiary/aromatic N) is 1. The largest absolute Gasteiger partial charge is 0.360 e. The van der Waals surface area contributed by atoms with Gasteiger partial charge in [-0.15, -0.1) is 0 Å². The van der Waals surface area contributed by atoms with Crippen molar-refractivity contribution in [2.45, 2.75) is 31.6 Å². The van der Waals surface area contributed by atoms with Gasteiger partial charge in [0.1, 0.15) is 17.8 Å². The van der Waals surface area contributed by atoms with E-state index in [1.54, 1.807) is 30.3 Å². The van der Waals surface area contributed by atoms with Crippen LogP contribution >= 0.6 is 0 Å². The fourth-order valence-corrected chi connectivity index (χ4v) is 4.37. The van der Waals surface area contributed by atoms with Gasteiger partial charge in [-0.2, -0.15) is 0 Å². The van der Waals surface area contributed by atoms with Crippen LogP contribution in [0.5, 0.6) is 0 Å². The van der Waals surface area contributed by atoms with Crippen LogP contribution in [0.4, 0.5) is 5.69 Å². The Hall–Kier alpha value is -4.47. The van der Waals surface area contributed by atoms with E-state index in [0.29, 0.717) is 16.8 Å². The number of rotatable bonds is 4. The van der Waals surface area contributed by atoms with E-state index in [1.807, 2.05) is 18.2 Å². The molecular weight excluding hydrogens is 438 g/mol. The average Bonchev–Trinajstić information content (AvgIpc) is 3.16. The van der Waals surface area contributed by atoms with Crippen molar-refractivity contribution >= 4 is 35.2 Å². The lowest BCUT2D eigenvalue weighted by molar-refractivity contribution is -0.137. The van der Waals surface area contributed by atoms with Crippen molar-refractivity contribution in [2.75, 3.05) is 5.32 Å². The lowest BCUT2D eigenvalue weighted by Gasteiger charge is -2.29. The Balaban J connectivity index is 1.33. The third kappa shape index (κ3) is 3.79. The topological polar surface area (TPSA) is 137 Å². The fraction of sp³-hybridized carbons (Fsp3) is 0.208. The Morgan fingerprint density at radius 1 is 0.912 bits per heavy atom. The lowest BCUT2D eigenvalue weighted by Crippen LogP contribution is -2.52. The second kappa shape index (κ2) is 8.47. The fourth-order valence-electron chi connectivity index (χ4n) is 4.37. The van der Waals surface area contributed by atoms with Gasteiger partial charge in [-0.3, -0.25) is 29.3 Å². The first-order valence-electron chi connectivity index (χ1n) is 10.8. The predicted octanol–water partition coefficient (Wildman–Crippen LogP) is 0.688. The molecule has 172 valence electrons. The zero-order valence-corrected chi connectivity index (χ0v) is 18.0. The smallest absolute Gasteiger partial charge is 0.260 e. The number of anilines is 1. The standard InChI is InChI=1S/C24H21N5O5/c30-19-10-9-18(23(33)26-19)29-12-16-14(24(29)34)7-4-8-17(16)25-11-15-21(31)27-20(28-22(15)32)13-5-2-1-3-6-13/h1-8,11,18,20,25H,9-10,12H2,(H,27,31)(H,28,32)(H,26,30,33). The van der Waals surface area contributed by atoms with Crippen molar-refractivity contribution in [2.24, 2.45) is 0 Å². The maximum Gasteiger partial charge on any atom is 0.260 e. The monoisotopic (exact) mass is 459 g/mol. The molecule has 3 aliphatic heterocycles. The van der Waals surface area contributed by atoms with Crippen LogP contribution in [0, 0.1) is 0 Å². The molecule has 34 heavy (non-hydrogen) atoms. The number of nitrogens with one attached hydrogen (secondary N) is 4. The molecule has 4 N–H and O–H groups in total. The first-order chi connectivity index (χ1) is 16.4. The Kier molecular flexibility index (Phi) is 5.33. The number of carbonyl (C=O) groups is 5. The predicted molar refractivity (Wildman–Crippen MR) is 120 cm³/mol. The molecule has 0 spiro atoms. The van der Waals surface area contributed by atoms with Crippen LogP contribution in [-0.4, -0.2) is 40.5 Å². The van der Waals surface area contributed by atoms with Gasteiger partial charge in [-0.1, -0.05) is 36.4 Å². The molecular formula is C24H21N5O5. The molecule has 2 aromatic rings. The Labute approximate surface area is 194 Å². The van der Waals surface area contributed by atoms with Crippen molar-refractivity contribution in [3.05, 3.63) is 77.0 Å². The molecule has 10 nitrogen and oxygen atoms in total. The molecule has 3 heterocycles. The summed E-state index contributed by atoms with van der Waals surface area (Å²) in [6.07, 6.45) is 1.11. The van der Waals surface area contributed by atoms with Crippen molar-refractivity contribution < 1.29 is 24.0 Å². The highest BCUT2D eigenvalue weighted by Crippen LogP contribution is 2.32. The second-order valence-corrected chi connectivity index (χ2v) is 8.22. The van der Waals surface area contributed by atoms with Crippen LogP contribution in [0.25, 0.3) is 0 Å². The summed E-state index contributed by atoms with van der Waals surface area (Å²) < 4.78 is 0. The number of benzene rings is 2. The molecule has 2 fully saturated rings. The van der Waals surface area contributed by atoms with Crippen LogP contribution in [-0.2, 0) is 25.7 Å². The summed E-state index contributed by atoms with van der Waals surface area (Å²) in [5.74, 6) is -2.20. The average molecular weight is 459 g/mol. The second-order valence-electron chi connectivity index (χ2n) is 8.22. The Morgan fingerprint density at radius 2 is 1.65 bits per heavy atom. The van der Waals surface area contributed by atoms with Gasteiger partial charge >= 0.3 is 0 Å². The van der Waals surface area contributed by atoms with Crippen LogP contribution < -0.4 is 21.3 Å². The van der Waals surface area contributed by atoms with E-state index in [0.717, 1.165) is 5.56 Å². The molecule has 10 heteroatoms. The summed E-state index contributed by atoms with van der Waals surface area (Å²) in [6.45, 7) is 0.168. The lowest BCUT2D eigenvalue weighted by atomic mass is 10.0. The van der Waals surface area contributed by atoms with Crippen molar-refractivity contribution in [3.63, 3.8) is 0 Å². The van der Waals surface area contributed by atoms with E-state index in [-0.39, 0.29) is 36.8 Å². The Bertz CT molecular complexity index is 1240. The first-order valence-corrected chi connectivity index (χ1v) is 10.8. The minimum Gasteiger partial charge on any atom is -0.360 e. The molecule has 3 aliphatic rings. The molecule has 1 unspecified atom stereocenters. The maximum absolute atomic E-state index is 12.9. The normalized spacial score (nSPS) is 22.1. The highest BCUT2D eigenvalue weighted by molar-refractivity contribution is 6.20. The first kappa shape index (κ1) is 21.4. The van der Waals surface area contributed by atoms with Crippen LogP contribution in [0.15, 0.2) is 60.3 Å². The summed E-state index contributed by atoms with van der Waals surface area (Å²) in [6, 6.07) is 13.4. The van der Waals surface area contributed by atoms with Gasteiger partial charge < -0.3 is 20.9 Å². The van der Waals surface area contributed by atoms with Gasteiger partial charge in [-0.25, -0.2) is 0 Å². The number of hydrogen-bond acceptors (Lipinski definition) is 6. The maximum atomic E-state index is 12.9. The van der Waals surface area contributed by atoms with Gasteiger partial charge in [0.15, 0.2) is 0 Å². The van der Waals surface area contributed by atoms with E-state index in [4.69, 9.17) is 0 Å². The molecule has 0 aliphatic carbocycles.